The third kappa shape index (κ3) is 1.79. The molecule has 9 heavy (non-hydrogen) atoms. The Morgan fingerprint density at radius 2 is 2.00 bits per heavy atom. The largest absolute Gasteiger partial charge is 0.328 e. The van der Waals surface area contributed by atoms with Crippen LogP contribution in [0, 0.1) is 0 Å². The van der Waals surface area contributed by atoms with Gasteiger partial charge in [-0.15, -0.1) is 0 Å². The van der Waals surface area contributed by atoms with Gasteiger partial charge >= 0.3 is 0 Å². The molecule has 1 fully saturated rings. The fourth-order valence-electron chi connectivity index (χ4n) is 1.12. The highest BCUT2D eigenvalue weighted by Gasteiger charge is 2.11. The molecule has 52 valence electrons. The Kier molecular flexibility index (Phi) is 2.22. The summed E-state index contributed by atoms with van der Waals surface area (Å²) >= 11 is 0. The van der Waals surface area contributed by atoms with Crippen LogP contribution in [-0.2, 0) is 0 Å². The van der Waals surface area contributed by atoms with Crippen molar-refractivity contribution >= 4 is 0 Å². The van der Waals surface area contributed by atoms with Gasteiger partial charge in [-0.05, 0) is 31.3 Å². The van der Waals surface area contributed by atoms with Crippen LogP contribution in [0.1, 0.15) is 25.7 Å². The molecule has 1 rings (SSSR count). The molecule has 0 bridgehead atoms. The molecule has 1 saturated carbocycles. The molecule has 0 aliphatic heterocycles. The SMILES string of the molecule is NC1CCC(=CF)CC1. The summed E-state index contributed by atoms with van der Waals surface area (Å²) in [6, 6.07) is 0.314. The topological polar surface area (TPSA) is 26.0 Å². The summed E-state index contributed by atoms with van der Waals surface area (Å²) in [6.07, 6.45) is 4.35. The van der Waals surface area contributed by atoms with E-state index in [9.17, 15) is 4.39 Å². The zero-order valence-electron chi connectivity index (χ0n) is 5.44. The molecule has 0 unspecified atom stereocenters. The lowest BCUT2D eigenvalue weighted by molar-refractivity contribution is 0.501. The van der Waals surface area contributed by atoms with E-state index in [0.717, 1.165) is 37.6 Å². The summed E-state index contributed by atoms with van der Waals surface area (Å²) in [5, 5.41) is 0. The van der Waals surface area contributed by atoms with Gasteiger partial charge < -0.3 is 5.73 Å². The maximum atomic E-state index is 11.8. The Morgan fingerprint density at radius 3 is 2.44 bits per heavy atom. The number of allylic oxidation sites excluding steroid dienone is 1. The first-order valence-corrected chi connectivity index (χ1v) is 3.36. The van der Waals surface area contributed by atoms with Crippen LogP contribution < -0.4 is 5.73 Å². The van der Waals surface area contributed by atoms with Gasteiger partial charge in [0.1, 0.15) is 0 Å². The van der Waals surface area contributed by atoms with Crippen molar-refractivity contribution in [1.29, 1.82) is 0 Å². The van der Waals surface area contributed by atoms with Crippen LogP contribution in [0.5, 0.6) is 0 Å². The first-order chi connectivity index (χ1) is 4.33. The summed E-state index contributed by atoms with van der Waals surface area (Å²) in [5.41, 5.74) is 6.53. The van der Waals surface area contributed by atoms with Crippen LogP contribution >= 0.6 is 0 Å². The third-order valence-electron chi connectivity index (χ3n) is 1.83. The standard InChI is InChI=1S/C7H12FN/c8-5-6-1-3-7(9)4-2-6/h5,7H,1-4,9H2. The van der Waals surface area contributed by atoms with Crippen molar-refractivity contribution in [1.82, 2.24) is 0 Å². The average Bonchev–Trinajstić information content (AvgIpc) is 1.90. The van der Waals surface area contributed by atoms with Crippen LogP contribution in [0.15, 0.2) is 11.9 Å². The molecule has 0 atom stereocenters. The van der Waals surface area contributed by atoms with E-state index in [4.69, 9.17) is 5.73 Å². The average molecular weight is 129 g/mol. The van der Waals surface area contributed by atoms with Crippen molar-refractivity contribution in [2.45, 2.75) is 31.7 Å². The monoisotopic (exact) mass is 129 g/mol. The highest BCUT2D eigenvalue weighted by molar-refractivity contribution is 5.02. The lowest BCUT2D eigenvalue weighted by Crippen LogP contribution is -2.23. The molecule has 0 saturated heterocycles. The number of rotatable bonds is 0. The second kappa shape index (κ2) is 2.97. The van der Waals surface area contributed by atoms with Gasteiger partial charge in [0.25, 0.3) is 0 Å². The van der Waals surface area contributed by atoms with Crippen LogP contribution in [0.25, 0.3) is 0 Å². The molecular weight excluding hydrogens is 117 g/mol. The van der Waals surface area contributed by atoms with Gasteiger partial charge in [-0.25, -0.2) is 4.39 Å². The van der Waals surface area contributed by atoms with Crippen molar-refractivity contribution in [2.24, 2.45) is 5.73 Å². The molecule has 0 aromatic heterocycles. The summed E-state index contributed by atoms with van der Waals surface area (Å²) in [6.45, 7) is 0. The van der Waals surface area contributed by atoms with E-state index in [0.29, 0.717) is 6.04 Å². The zero-order chi connectivity index (χ0) is 6.69. The van der Waals surface area contributed by atoms with Gasteiger partial charge in [0.05, 0.1) is 6.33 Å². The minimum absolute atomic E-state index is 0.314. The highest BCUT2D eigenvalue weighted by atomic mass is 19.1. The second-order valence-corrected chi connectivity index (χ2v) is 2.60. The lowest BCUT2D eigenvalue weighted by atomic mass is 9.92. The Balaban J connectivity index is 2.35. The zero-order valence-corrected chi connectivity index (χ0v) is 5.44. The van der Waals surface area contributed by atoms with Crippen LogP contribution in [0.2, 0.25) is 0 Å². The van der Waals surface area contributed by atoms with Crippen molar-refractivity contribution in [3.63, 3.8) is 0 Å². The van der Waals surface area contributed by atoms with E-state index in [1.165, 1.54) is 0 Å². The van der Waals surface area contributed by atoms with Gasteiger partial charge in [0.2, 0.25) is 0 Å². The molecule has 1 nitrogen and oxygen atoms in total. The van der Waals surface area contributed by atoms with E-state index in [1.807, 2.05) is 0 Å². The minimum atomic E-state index is 0.314. The van der Waals surface area contributed by atoms with Crippen molar-refractivity contribution < 1.29 is 4.39 Å². The van der Waals surface area contributed by atoms with Gasteiger partial charge in [-0.2, -0.15) is 0 Å². The predicted octanol–water partition coefficient (Wildman–Crippen LogP) is 1.74. The Hall–Kier alpha value is -0.370. The minimum Gasteiger partial charge on any atom is -0.328 e. The van der Waals surface area contributed by atoms with Gasteiger partial charge in [-0.3, -0.25) is 0 Å². The quantitative estimate of drug-likeness (QED) is 0.529. The molecule has 0 heterocycles. The summed E-state index contributed by atoms with van der Waals surface area (Å²) in [7, 11) is 0. The first kappa shape index (κ1) is 6.75. The van der Waals surface area contributed by atoms with E-state index in [1.54, 1.807) is 0 Å². The van der Waals surface area contributed by atoms with Crippen molar-refractivity contribution in [3.05, 3.63) is 11.9 Å². The van der Waals surface area contributed by atoms with Crippen LogP contribution in [0.4, 0.5) is 4.39 Å². The predicted molar refractivity (Wildman–Crippen MR) is 35.6 cm³/mol. The normalized spacial score (nSPS) is 28.2. The number of halogens is 1. The molecule has 0 aromatic carbocycles. The summed E-state index contributed by atoms with van der Waals surface area (Å²) in [4.78, 5) is 0. The fourth-order valence-corrected chi connectivity index (χ4v) is 1.12. The Labute approximate surface area is 54.7 Å². The fraction of sp³-hybridized carbons (Fsp3) is 0.714. The molecule has 2 heteroatoms. The number of hydrogen-bond acceptors (Lipinski definition) is 1. The highest BCUT2D eigenvalue weighted by Crippen LogP contribution is 2.21. The molecule has 0 radical (unpaired) electrons. The third-order valence-corrected chi connectivity index (χ3v) is 1.83. The Morgan fingerprint density at radius 1 is 1.44 bits per heavy atom. The van der Waals surface area contributed by atoms with Crippen LogP contribution in [-0.4, -0.2) is 6.04 Å². The van der Waals surface area contributed by atoms with E-state index in [-0.39, 0.29) is 0 Å². The second-order valence-electron chi connectivity index (χ2n) is 2.60. The Bertz CT molecular complexity index is 110. The smallest absolute Gasteiger partial charge is 0.0858 e. The number of hydrogen-bond donors (Lipinski definition) is 1. The van der Waals surface area contributed by atoms with Crippen LogP contribution in [0.3, 0.4) is 0 Å². The maximum absolute atomic E-state index is 11.8. The molecule has 0 amide bonds. The maximum Gasteiger partial charge on any atom is 0.0858 e. The molecule has 1 aliphatic carbocycles. The molecular formula is C7H12FN. The summed E-state index contributed by atoms with van der Waals surface area (Å²) in [5.74, 6) is 0. The van der Waals surface area contributed by atoms with Crippen molar-refractivity contribution in [3.8, 4) is 0 Å². The van der Waals surface area contributed by atoms with E-state index in [2.05, 4.69) is 0 Å². The molecule has 0 aromatic rings. The van der Waals surface area contributed by atoms with E-state index >= 15 is 0 Å². The number of nitrogens with two attached hydrogens (primary N) is 1. The molecule has 2 N–H and O–H groups in total. The van der Waals surface area contributed by atoms with Gasteiger partial charge in [0.15, 0.2) is 0 Å². The van der Waals surface area contributed by atoms with E-state index < -0.39 is 0 Å². The van der Waals surface area contributed by atoms with Gasteiger partial charge in [0, 0.05) is 6.04 Å². The van der Waals surface area contributed by atoms with Gasteiger partial charge in [-0.1, -0.05) is 0 Å². The first-order valence-electron chi connectivity index (χ1n) is 3.36. The van der Waals surface area contributed by atoms with Crippen molar-refractivity contribution in [2.75, 3.05) is 0 Å². The molecule has 0 spiro atoms. The summed E-state index contributed by atoms with van der Waals surface area (Å²) < 4.78 is 11.8. The molecule has 1 aliphatic rings. The lowest BCUT2D eigenvalue weighted by Gasteiger charge is -2.18.